The number of hydrogen-bond acceptors (Lipinski definition) is 17. The van der Waals surface area contributed by atoms with Gasteiger partial charge in [-0.15, -0.1) is 0 Å². The monoisotopic (exact) mass is 1800 g/mol. The Morgan fingerprint density at radius 1 is 0.349 bits per heavy atom. The summed E-state index contributed by atoms with van der Waals surface area (Å²) in [5.74, 6) is -15.7. The first kappa shape index (κ1) is 100. The number of nitrogens with one attached hydrogen (secondary N) is 2. The number of esters is 4. The van der Waals surface area contributed by atoms with E-state index in [4.69, 9.17) is 18.9 Å². The summed E-state index contributed by atoms with van der Waals surface area (Å²) in [6, 6.07) is 53.3. The van der Waals surface area contributed by atoms with E-state index in [2.05, 4.69) is 15.5 Å². The Hall–Kier alpha value is -14.3. The Morgan fingerprint density at radius 3 is 0.891 bits per heavy atom. The van der Waals surface area contributed by atoms with Crippen LogP contribution in [0.3, 0.4) is 0 Å². The summed E-state index contributed by atoms with van der Waals surface area (Å²) in [5.41, 5.74) is -0.111. The number of aromatic amines is 1. The van der Waals surface area contributed by atoms with E-state index in [-0.39, 0.29) is 44.9 Å². The van der Waals surface area contributed by atoms with Crippen molar-refractivity contribution in [3.63, 3.8) is 0 Å². The lowest BCUT2D eigenvalue weighted by molar-refractivity contribution is -0.154. The van der Waals surface area contributed by atoms with E-state index >= 15 is 0 Å². The van der Waals surface area contributed by atoms with Crippen LogP contribution in [0.4, 0.5) is 57.9 Å². The molecule has 0 bridgehead atoms. The molecule has 0 aliphatic heterocycles. The zero-order valence-corrected chi connectivity index (χ0v) is 74.0. The van der Waals surface area contributed by atoms with Gasteiger partial charge in [0.2, 0.25) is 5.91 Å². The quantitative estimate of drug-likeness (QED) is 0.0260. The molecule has 11 aromatic rings. The third-order valence-corrected chi connectivity index (χ3v) is 18.9. The molecule has 5 amide bonds. The zero-order valence-electron chi connectivity index (χ0n) is 73.2. The minimum atomic E-state index is -3.38. The Labute approximate surface area is 740 Å². The molecule has 0 spiro atoms. The lowest BCUT2D eigenvalue weighted by Crippen LogP contribution is -2.39. The molecule has 0 aliphatic rings. The molecule has 676 valence electrons. The van der Waals surface area contributed by atoms with Crippen molar-refractivity contribution in [1.82, 2.24) is 15.5 Å². The largest absolute Gasteiger partial charge is 0.459 e. The second kappa shape index (κ2) is 43.3. The number of Topliss-reactive ketones (excluding diaryl/α,β-unsaturated/α-hetero) is 1. The average Bonchev–Trinajstić information content (AvgIpc) is 1.14. The van der Waals surface area contributed by atoms with Gasteiger partial charge in [0.05, 0.1) is 10.6 Å². The Morgan fingerprint density at radius 2 is 0.620 bits per heavy atom. The van der Waals surface area contributed by atoms with Crippen molar-refractivity contribution >= 4 is 91.8 Å². The summed E-state index contributed by atoms with van der Waals surface area (Å²) < 4.78 is 159. The maximum atomic E-state index is 14.5. The Balaban J connectivity index is 0.000000213. The van der Waals surface area contributed by atoms with Crippen molar-refractivity contribution in [2.45, 2.75) is 131 Å². The molecule has 129 heavy (non-hydrogen) atoms. The molecular formula is C97H95F8N7O16S. The molecule has 0 atom stereocenters. The third-order valence-electron chi connectivity index (χ3n) is 17.8. The fraction of sp³-hybridized carbons (Fsp3) is 0.247. The number of nitrogens with zero attached hydrogens (tertiary/aromatic N) is 5. The number of ether oxygens (including phenoxy) is 4. The minimum absolute atomic E-state index is 0.132. The SMILES string of the molecule is CC(=O)NCc1ccc(-c2cccc(N(CC(=O)OC(C)(C)C)C(=O)c3c(F)cccc3F)c2)cc1.CC(=O)c1cccc(N(CC(=O)OC(C)(C)C)C(=O)c2c(F)cccc2F)c1.CC(C)(C)OC(=O)CN(C(=O)c1c(F)cccc1F)c1cccc(-c2ccc(S(C)(=O)=O)cc2)c1.CC(C)(C)OC(=O)CN(C(=O)c1c(F)cccc1F)c1cccc(-c2ccn[nH]2)c1. The van der Waals surface area contributed by atoms with E-state index in [1.807, 2.05) is 30.3 Å². The standard InChI is InChI=1S/C28H28F2N2O4.C26H25F2NO5S.C22H21F2N3O3.C21H21F2NO4/c1-18(33)31-16-19-11-13-20(14-12-19)21-7-5-8-22(15-21)32(17-25(34)36-28(2,3)4)27(35)26-23(29)9-6-10-24(26)30;1-26(2,3)34-23(30)16-29(25(31)24-21(27)9-6-10-22(24)28)19-8-5-7-18(15-19)17-11-13-20(14-12-17)35(4,32)33;1-22(2,3)30-19(28)13-27(21(29)20-16(23)8-5-9-17(20)24)15-7-4-6-14(12-15)18-10-11-25-26-18;1-13(25)14-7-5-8-15(11-14)24(12-18(26)28-21(2,3)4)20(27)19-16(22)9-6-10-17(19)23/h5-15H,16-17H2,1-4H3,(H,31,33);5-15H,16H2,1-4H3;4-12H,13H2,1-3H3,(H,25,26);5-11H,12H2,1-4H3. The number of hydrogen-bond donors (Lipinski definition) is 2. The van der Waals surface area contributed by atoms with Crippen molar-refractivity contribution < 1.29 is 110 Å². The molecule has 0 unspecified atom stereocenters. The highest BCUT2D eigenvalue weighted by Crippen LogP contribution is 2.34. The van der Waals surface area contributed by atoms with Crippen LogP contribution in [-0.4, -0.2) is 133 Å². The van der Waals surface area contributed by atoms with Gasteiger partial charge in [-0.1, -0.05) is 109 Å². The van der Waals surface area contributed by atoms with Gasteiger partial charge in [0.15, 0.2) is 15.6 Å². The first-order valence-corrected chi connectivity index (χ1v) is 41.7. The smallest absolute Gasteiger partial charge is 0.326 e. The van der Waals surface area contributed by atoms with Gasteiger partial charge in [0.1, 0.15) is 117 Å². The molecule has 10 aromatic carbocycles. The van der Waals surface area contributed by atoms with Crippen LogP contribution in [0.5, 0.6) is 0 Å². The highest BCUT2D eigenvalue weighted by Gasteiger charge is 2.35. The summed E-state index contributed by atoms with van der Waals surface area (Å²) in [6.07, 6.45) is 2.67. The second-order valence-electron chi connectivity index (χ2n) is 32.9. The Kier molecular flexibility index (Phi) is 33.6. The van der Waals surface area contributed by atoms with Crippen LogP contribution in [0, 0.1) is 46.5 Å². The fourth-order valence-electron chi connectivity index (χ4n) is 12.3. The molecule has 32 heteroatoms. The van der Waals surface area contributed by atoms with Crippen molar-refractivity contribution in [2.24, 2.45) is 0 Å². The zero-order chi connectivity index (χ0) is 95.4. The number of aromatic nitrogens is 2. The van der Waals surface area contributed by atoms with E-state index in [0.29, 0.717) is 28.9 Å². The van der Waals surface area contributed by atoms with E-state index in [1.54, 1.807) is 168 Å². The molecule has 11 rings (SSSR count). The molecule has 0 radical (unpaired) electrons. The van der Waals surface area contributed by atoms with Gasteiger partial charge in [-0.05, 0) is 233 Å². The van der Waals surface area contributed by atoms with Gasteiger partial charge in [0.25, 0.3) is 23.6 Å². The summed E-state index contributed by atoms with van der Waals surface area (Å²) >= 11 is 0. The number of carbonyl (C=O) groups excluding carboxylic acids is 10. The number of sulfone groups is 1. The van der Waals surface area contributed by atoms with Crippen LogP contribution in [0.15, 0.2) is 236 Å². The maximum absolute atomic E-state index is 14.5. The van der Waals surface area contributed by atoms with Crippen LogP contribution in [0.1, 0.15) is 154 Å². The summed E-state index contributed by atoms with van der Waals surface area (Å²) in [5, 5.41) is 9.42. The van der Waals surface area contributed by atoms with Gasteiger partial charge in [-0.25, -0.2) is 43.5 Å². The molecule has 1 aromatic heterocycles. The van der Waals surface area contributed by atoms with Crippen LogP contribution >= 0.6 is 0 Å². The number of H-pyrrole nitrogens is 1. The number of carbonyl (C=O) groups is 10. The average molecular weight is 1800 g/mol. The van der Waals surface area contributed by atoms with E-state index in [9.17, 15) is 91.5 Å². The van der Waals surface area contributed by atoms with Gasteiger partial charge in [0, 0.05) is 59.8 Å². The summed E-state index contributed by atoms with van der Waals surface area (Å²) in [6.45, 7) is 21.0. The van der Waals surface area contributed by atoms with Crippen molar-refractivity contribution in [3.8, 4) is 33.5 Å². The maximum Gasteiger partial charge on any atom is 0.326 e. The van der Waals surface area contributed by atoms with Gasteiger partial charge < -0.3 is 24.3 Å². The van der Waals surface area contributed by atoms with E-state index < -0.39 is 175 Å². The number of rotatable bonds is 23. The number of benzene rings is 10. The summed E-state index contributed by atoms with van der Waals surface area (Å²) in [4.78, 5) is 129. The number of halogens is 8. The highest BCUT2D eigenvalue weighted by atomic mass is 32.2. The molecule has 2 N–H and O–H groups in total. The number of ketones is 1. The lowest BCUT2D eigenvalue weighted by Gasteiger charge is -2.26. The van der Waals surface area contributed by atoms with Gasteiger partial charge >= 0.3 is 23.9 Å². The van der Waals surface area contributed by atoms with Gasteiger partial charge in [-0.3, -0.25) is 72.6 Å². The molecule has 0 saturated carbocycles. The second-order valence-corrected chi connectivity index (χ2v) is 34.9. The van der Waals surface area contributed by atoms with Crippen molar-refractivity contribution in [3.05, 3.63) is 311 Å². The van der Waals surface area contributed by atoms with E-state index in [1.165, 1.54) is 62.4 Å². The molecule has 0 fully saturated rings. The Bertz CT molecular complexity index is 5990. The normalized spacial score (nSPS) is 11.3. The van der Waals surface area contributed by atoms with Crippen molar-refractivity contribution in [1.29, 1.82) is 0 Å². The van der Waals surface area contributed by atoms with Crippen molar-refractivity contribution in [2.75, 3.05) is 52.0 Å². The predicted molar refractivity (Wildman–Crippen MR) is 470 cm³/mol. The molecule has 0 aliphatic carbocycles. The van der Waals surface area contributed by atoms with Crippen LogP contribution < -0.4 is 24.9 Å². The molecule has 23 nitrogen and oxygen atoms in total. The third kappa shape index (κ3) is 29.4. The van der Waals surface area contributed by atoms with Crippen LogP contribution in [0.2, 0.25) is 0 Å². The van der Waals surface area contributed by atoms with Crippen LogP contribution in [-0.2, 0) is 59.3 Å². The van der Waals surface area contributed by atoms with Gasteiger partial charge in [-0.2, -0.15) is 5.10 Å². The topological polar surface area (TPSA) is 295 Å². The minimum Gasteiger partial charge on any atom is -0.459 e. The fourth-order valence-corrected chi connectivity index (χ4v) is 12.9. The molecule has 1 heterocycles. The molecular weight excluding hydrogens is 1700 g/mol. The summed E-state index contributed by atoms with van der Waals surface area (Å²) in [7, 11) is -3.38. The lowest BCUT2D eigenvalue weighted by atomic mass is 10.0. The van der Waals surface area contributed by atoms with E-state index in [0.717, 1.165) is 109 Å². The first-order valence-electron chi connectivity index (χ1n) is 39.8. The molecule has 0 saturated heterocycles. The number of anilines is 4. The number of amides is 5. The highest BCUT2D eigenvalue weighted by molar-refractivity contribution is 7.90. The first-order chi connectivity index (χ1) is 60.3. The van der Waals surface area contributed by atoms with Crippen LogP contribution in [0.25, 0.3) is 33.5 Å². The predicted octanol–water partition coefficient (Wildman–Crippen LogP) is 18.8.